The van der Waals surface area contributed by atoms with Crippen LogP contribution in [0.5, 0.6) is 0 Å². The zero-order chi connectivity index (χ0) is 14.0. The van der Waals surface area contributed by atoms with Gasteiger partial charge in [0.05, 0.1) is 18.2 Å². The van der Waals surface area contributed by atoms with E-state index in [1.54, 1.807) is 12.3 Å². The average molecular weight is 259 g/mol. The first kappa shape index (κ1) is 13.5. The van der Waals surface area contributed by atoms with Crippen molar-refractivity contribution in [1.29, 1.82) is 5.26 Å². The number of aromatic nitrogens is 1. The number of hydroxylamine groups is 2. The molecule has 0 aliphatic carbocycles. The van der Waals surface area contributed by atoms with Crippen molar-refractivity contribution in [2.75, 3.05) is 6.61 Å². The minimum Gasteiger partial charge on any atom is -0.272 e. The van der Waals surface area contributed by atoms with Crippen LogP contribution in [0.2, 0.25) is 0 Å². The summed E-state index contributed by atoms with van der Waals surface area (Å²) >= 11 is 0. The van der Waals surface area contributed by atoms with Gasteiger partial charge in [-0.2, -0.15) is 5.26 Å². The summed E-state index contributed by atoms with van der Waals surface area (Å²) in [4.78, 5) is 21.8. The predicted molar refractivity (Wildman–Crippen MR) is 68.6 cm³/mol. The first-order valence-electron chi connectivity index (χ1n) is 6.25. The molecule has 0 N–H and O–H groups in total. The molecule has 0 bridgehead atoms. The van der Waals surface area contributed by atoms with Gasteiger partial charge in [0.25, 0.3) is 5.91 Å². The van der Waals surface area contributed by atoms with E-state index in [4.69, 9.17) is 10.1 Å². The van der Waals surface area contributed by atoms with Crippen LogP contribution in [0.1, 0.15) is 44.4 Å². The summed E-state index contributed by atoms with van der Waals surface area (Å²) in [6.07, 6.45) is 3.91. The molecule has 1 aliphatic rings. The molecule has 100 valence electrons. The molecule has 0 radical (unpaired) electrons. The first-order chi connectivity index (χ1) is 8.93. The van der Waals surface area contributed by atoms with Crippen LogP contribution < -0.4 is 0 Å². The number of nitriles is 1. The number of hydrogen-bond donors (Lipinski definition) is 0. The van der Waals surface area contributed by atoms with Crippen molar-refractivity contribution in [3.8, 4) is 6.07 Å². The summed E-state index contributed by atoms with van der Waals surface area (Å²) in [5.41, 5.74) is 0.838. The van der Waals surface area contributed by atoms with Crippen LogP contribution in [-0.2, 0) is 9.63 Å². The number of carbonyl (C=O) groups is 1. The van der Waals surface area contributed by atoms with E-state index in [0.29, 0.717) is 12.2 Å². The highest BCUT2D eigenvalue weighted by molar-refractivity contribution is 5.81. The number of pyridine rings is 1. The molecule has 5 nitrogen and oxygen atoms in total. The third-order valence-corrected chi connectivity index (χ3v) is 3.02. The van der Waals surface area contributed by atoms with E-state index >= 15 is 0 Å². The Morgan fingerprint density at radius 2 is 2.26 bits per heavy atom. The standard InChI is InChI=1S/C14H17N3O2/c1-14(2,3)13(18)17-12(4-5-19-17)11-6-10(7-15)8-16-9-11/h6,8-9,12H,4-5H2,1-3H3/t12-/m0/s1. The van der Waals surface area contributed by atoms with Crippen molar-refractivity contribution in [3.63, 3.8) is 0 Å². The number of nitrogens with zero attached hydrogens (tertiary/aromatic N) is 3. The van der Waals surface area contributed by atoms with Crippen LogP contribution >= 0.6 is 0 Å². The van der Waals surface area contributed by atoms with Gasteiger partial charge in [0.2, 0.25) is 0 Å². The highest BCUT2D eigenvalue weighted by Crippen LogP contribution is 2.33. The largest absolute Gasteiger partial charge is 0.272 e. The number of hydrogen-bond acceptors (Lipinski definition) is 4. The van der Waals surface area contributed by atoms with Gasteiger partial charge in [-0.05, 0) is 11.6 Å². The third kappa shape index (κ3) is 2.74. The van der Waals surface area contributed by atoms with Crippen LogP contribution in [0.25, 0.3) is 0 Å². The van der Waals surface area contributed by atoms with Crippen molar-refractivity contribution in [1.82, 2.24) is 10.0 Å². The second kappa shape index (κ2) is 4.98. The van der Waals surface area contributed by atoms with Crippen LogP contribution in [0.4, 0.5) is 0 Å². The Balaban J connectivity index is 2.28. The Morgan fingerprint density at radius 1 is 1.53 bits per heavy atom. The van der Waals surface area contributed by atoms with Crippen LogP contribution in [0, 0.1) is 16.7 Å². The fourth-order valence-electron chi connectivity index (χ4n) is 2.00. The summed E-state index contributed by atoms with van der Waals surface area (Å²) in [7, 11) is 0. The van der Waals surface area contributed by atoms with Crippen LogP contribution in [0.3, 0.4) is 0 Å². The van der Waals surface area contributed by atoms with Gasteiger partial charge in [0, 0.05) is 24.2 Å². The Hall–Kier alpha value is -1.93. The van der Waals surface area contributed by atoms with Gasteiger partial charge < -0.3 is 0 Å². The zero-order valence-electron chi connectivity index (χ0n) is 11.4. The fraction of sp³-hybridized carbons (Fsp3) is 0.500. The minimum atomic E-state index is -0.497. The maximum absolute atomic E-state index is 12.3. The summed E-state index contributed by atoms with van der Waals surface area (Å²) < 4.78 is 0. The topological polar surface area (TPSA) is 66.2 Å². The number of rotatable bonds is 1. The van der Waals surface area contributed by atoms with Crippen molar-refractivity contribution in [2.45, 2.75) is 33.2 Å². The van der Waals surface area contributed by atoms with Crippen molar-refractivity contribution in [2.24, 2.45) is 5.41 Å². The van der Waals surface area contributed by atoms with Gasteiger partial charge in [-0.15, -0.1) is 0 Å². The lowest BCUT2D eigenvalue weighted by molar-refractivity contribution is -0.186. The molecule has 5 heteroatoms. The lowest BCUT2D eigenvalue weighted by Gasteiger charge is -2.29. The summed E-state index contributed by atoms with van der Waals surface area (Å²) in [6, 6.07) is 3.66. The minimum absolute atomic E-state index is 0.0580. The van der Waals surface area contributed by atoms with Crippen LogP contribution in [0.15, 0.2) is 18.5 Å². The molecular formula is C14H17N3O2. The van der Waals surface area contributed by atoms with Crippen molar-refractivity contribution < 1.29 is 9.63 Å². The molecule has 0 unspecified atom stereocenters. The molecule has 1 aromatic heterocycles. The van der Waals surface area contributed by atoms with E-state index in [9.17, 15) is 4.79 Å². The monoisotopic (exact) mass is 259 g/mol. The molecule has 1 fully saturated rings. The zero-order valence-corrected chi connectivity index (χ0v) is 11.4. The molecule has 0 aromatic carbocycles. The maximum atomic E-state index is 12.3. The summed E-state index contributed by atoms with van der Waals surface area (Å²) in [6.45, 7) is 6.08. The molecule has 1 aromatic rings. The van der Waals surface area contributed by atoms with E-state index in [2.05, 4.69) is 11.1 Å². The third-order valence-electron chi connectivity index (χ3n) is 3.02. The number of amides is 1. The molecule has 1 aliphatic heterocycles. The molecule has 0 saturated carbocycles. The molecule has 2 heterocycles. The van der Waals surface area contributed by atoms with Gasteiger partial charge in [-0.1, -0.05) is 20.8 Å². The van der Waals surface area contributed by atoms with E-state index in [1.807, 2.05) is 20.8 Å². The Kier molecular flexibility index (Phi) is 3.54. The second-order valence-electron chi connectivity index (χ2n) is 5.64. The molecular weight excluding hydrogens is 242 g/mol. The Bertz CT molecular complexity index is 528. The van der Waals surface area contributed by atoms with E-state index < -0.39 is 5.41 Å². The van der Waals surface area contributed by atoms with Gasteiger partial charge in [-0.25, -0.2) is 5.06 Å². The molecule has 1 amide bonds. The predicted octanol–water partition coefficient (Wildman–Crippen LogP) is 2.20. The number of carbonyl (C=O) groups excluding carboxylic acids is 1. The summed E-state index contributed by atoms with van der Waals surface area (Å²) in [5, 5.41) is 10.3. The molecule has 1 atom stereocenters. The normalized spacial score (nSPS) is 19.3. The van der Waals surface area contributed by atoms with Crippen LogP contribution in [-0.4, -0.2) is 22.6 Å². The van der Waals surface area contributed by atoms with E-state index in [0.717, 1.165) is 12.0 Å². The lowest BCUT2D eigenvalue weighted by Crippen LogP contribution is -2.38. The van der Waals surface area contributed by atoms with Gasteiger partial charge in [0.1, 0.15) is 6.07 Å². The lowest BCUT2D eigenvalue weighted by atomic mass is 9.94. The van der Waals surface area contributed by atoms with Gasteiger partial charge in [0.15, 0.2) is 0 Å². The molecule has 1 saturated heterocycles. The van der Waals surface area contributed by atoms with Gasteiger partial charge in [-0.3, -0.25) is 14.6 Å². The van der Waals surface area contributed by atoms with Crippen molar-refractivity contribution in [3.05, 3.63) is 29.6 Å². The molecule has 19 heavy (non-hydrogen) atoms. The summed E-state index contributed by atoms with van der Waals surface area (Å²) in [5.74, 6) is -0.0580. The maximum Gasteiger partial charge on any atom is 0.252 e. The average Bonchev–Trinajstić information content (AvgIpc) is 2.85. The second-order valence-corrected chi connectivity index (χ2v) is 5.64. The molecule has 2 rings (SSSR count). The van der Waals surface area contributed by atoms with Crippen molar-refractivity contribution >= 4 is 5.91 Å². The fourth-order valence-corrected chi connectivity index (χ4v) is 2.00. The molecule has 0 spiro atoms. The van der Waals surface area contributed by atoms with Gasteiger partial charge >= 0.3 is 0 Å². The SMILES string of the molecule is CC(C)(C)C(=O)N1OCC[C@H]1c1cncc(C#N)c1. The van der Waals surface area contributed by atoms with E-state index in [-0.39, 0.29) is 11.9 Å². The first-order valence-corrected chi connectivity index (χ1v) is 6.25. The quantitative estimate of drug-likeness (QED) is 0.775. The van der Waals surface area contributed by atoms with E-state index in [1.165, 1.54) is 11.3 Å². The highest BCUT2D eigenvalue weighted by Gasteiger charge is 2.37. The Labute approximate surface area is 112 Å². The smallest absolute Gasteiger partial charge is 0.252 e. The Morgan fingerprint density at radius 3 is 2.89 bits per heavy atom. The highest BCUT2D eigenvalue weighted by atomic mass is 16.7.